The van der Waals surface area contributed by atoms with Crippen LogP contribution in [-0.4, -0.2) is 40.8 Å². The van der Waals surface area contributed by atoms with Crippen molar-refractivity contribution >= 4 is 5.91 Å². The summed E-state index contributed by atoms with van der Waals surface area (Å²) in [5.74, 6) is 0.495. The summed E-state index contributed by atoms with van der Waals surface area (Å²) in [6.45, 7) is 5.45. The largest absolute Gasteiger partial charge is 0.494 e. The van der Waals surface area contributed by atoms with Crippen molar-refractivity contribution in [1.82, 2.24) is 14.7 Å². The van der Waals surface area contributed by atoms with E-state index in [1.54, 1.807) is 4.90 Å². The van der Waals surface area contributed by atoms with E-state index in [1.165, 1.54) is 17.9 Å². The Morgan fingerprint density at radius 3 is 2.76 bits per heavy atom. The summed E-state index contributed by atoms with van der Waals surface area (Å²) in [5.41, 5.74) is 1.43. The Kier molecular flexibility index (Phi) is 4.88. The van der Waals surface area contributed by atoms with E-state index < -0.39 is 0 Å². The summed E-state index contributed by atoms with van der Waals surface area (Å²) in [6.07, 6.45) is 2.10. The zero-order valence-corrected chi connectivity index (χ0v) is 14.9. The molecule has 6 nitrogen and oxygen atoms in total. The number of likely N-dealkylation sites (tertiary alicyclic amines) is 1. The predicted molar refractivity (Wildman–Crippen MR) is 95.4 cm³/mol. The number of piperidine rings is 1. The molecule has 2 aromatic rings. The second-order valence-electron chi connectivity index (χ2n) is 6.60. The number of para-hydroxylation sites is 1. The maximum Gasteiger partial charge on any atom is 0.278 e. The van der Waals surface area contributed by atoms with Crippen molar-refractivity contribution in [3.63, 3.8) is 0 Å². The highest BCUT2D eigenvalue weighted by molar-refractivity contribution is 5.94. The monoisotopic (exact) mass is 341 g/mol. The van der Waals surface area contributed by atoms with Crippen molar-refractivity contribution in [2.24, 2.45) is 5.92 Å². The number of hydrogen-bond donors (Lipinski definition) is 0. The molecule has 1 atom stereocenters. The molecule has 0 unspecified atom stereocenters. The second kappa shape index (κ2) is 7.09. The third kappa shape index (κ3) is 3.43. The average Bonchev–Trinajstić information content (AvgIpc) is 2.61. The van der Waals surface area contributed by atoms with Gasteiger partial charge in [0.1, 0.15) is 0 Å². The number of methoxy groups -OCH3 is 1. The normalized spacial score (nSPS) is 17.4. The van der Waals surface area contributed by atoms with E-state index >= 15 is 0 Å². The van der Waals surface area contributed by atoms with Crippen molar-refractivity contribution < 1.29 is 9.53 Å². The molecule has 6 heteroatoms. The topological polar surface area (TPSA) is 64.4 Å². The minimum absolute atomic E-state index is 0.180. The number of nitrogens with zero attached hydrogens (tertiary/aromatic N) is 3. The van der Waals surface area contributed by atoms with Gasteiger partial charge in [-0.1, -0.05) is 25.1 Å². The standard InChI is InChI=1S/C19H23N3O3/c1-13-7-6-10-21(12-13)19(24)18-16(25-3)11-17(23)22(20-18)15-9-5-4-8-14(15)2/h4-5,8-9,11,13H,6-7,10,12H2,1-3H3/t13-/m0/s1. The molecule has 0 saturated carbocycles. The zero-order chi connectivity index (χ0) is 18.0. The molecule has 132 valence electrons. The van der Waals surface area contributed by atoms with E-state index in [4.69, 9.17) is 4.74 Å². The lowest BCUT2D eigenvalue weighted by molar-refractivity contribution is 0.0671. The molecule has 3 rings (SSSR count). The third-order valence-corrected chi connectivity index (χ3v) is 4.61. The molecule has 0 aliphatic carbocycles. The smallest absolute Gasteiger partial charge is 0.278 e. The summed E-state index contributed by atoms with van der Waals surface area (Å²) >= 11 is 0. The average molecular weight is 341 g/mol. The third-order valence-electron chi connectivity index (χ3n) is 4.61. The first-order chi connectivity index (χ1) is 12.0. The molecule has 1 aliphatic heterocycles. The molecule has 1 fully saturated rings. The van der Waals surface area contributed by atoms with Crippen LogP contribution >= 0.6 is 0 Å². The van der Waals surface area contributed by atoms with Crippen molar-refractivity contribution in [1.29, 1.82) is 0 Å². The molecule has 2 heterocycles. The van der Waals surface area contributed by atoms with Gasteiger partial charge in [-0.05, 0) is 37.3 Å². The highest BCUT2D eigenvalue weighted by Gasteiger charge is 2.27. The van der Waals surface area contributed by atoms with Gasteiger partial charge in [-0.25, -0.2) is 0 Å². The Morgan fingerprint density at radius 2 is 2.08 bits per heavy atom. The Hall–Kier alpha value is -2.63. The van der Waals surface area contributed by atoms with Crippen LogP contribution in [-0.2, 0) is 0 Å². The fraction of sp³-hybridized carbons (Fsp3) is 0.421. The van der Waals surface area contributed by atoms with Gasteiger partial charge in [-0.2, -0.15) is 9.78 Å². The molecular weight excluding hydrogens is 318 g/mol. The van der Waals surface area contributed by atoms with Crippen molar-refractivity contribution in [2.45, 2.75) is 26.7 Å². The number of carbonyl (C=O) groups excluding carboxylic acids is 1. The Morgan fingerprint density at radius 1 is 1.32 bits per heavy atom. The lowest BCUT2D eigenvalue weighted by Crippen LogP contribution is -2.40. The summed E-state index contributed by atoms with van der Waals surface area (Å²) < 4.78 is 6.54. The lowest BCUT2D eigenvalue weighted by atomic mass is 10.00. The maximum absolute atomic E-state index is 13.0. The van der Waals surface area contributed by atoms with E-state index in [0.717, 1.165) is 18.4 Å². The number of aryl methyl sites for hydroxylation is 1. The van der Waals surface area contributed by atoms with Crippen LogP contribution in [0.2, 0.25) is 0 Å². The van der Waals surface area contributed by atoms with Crippen molar-refractivity contribution in [2.75, 3.05) is 20.2 Å². The van der Waals surface area contributed by atoms with Gasteiger partial charge in [-0.3, -0.25) is 9.59 Å². The number of benzene rings is 1. The quantitative estimate of drug-likeness (QED) is 0.860. The van der Waals surface area contributed by atoms with E-state index in [1.807, 2.05) is 31.2 Å². The second-order valence-corrected chi connectivity index (χ2v) is 6.60. The molecule has 0 radical (unpaired) electrons. The summed E-state index contributed by atoms with van der Waals surface area (Å²) in [5, 5.41) is 4.36. The first-order valence-corrected chi connectivity index (χ1v) is 8.55. The van der Waals surface area contributed by atoms with Crippen LogP contribution in [0.15, 0.2) is 35.1 Å². The first-order valence-electron chi connectivity index (χ1n) is 8.55. The van der Waals surface area contributed by atoms with Crippen LogP contribution < -0.4 is 10.3 Å². The Bertz CT molecular complexity index is 844. The summed E-state index contributed by atoms with van der Waals surface area (Å²) in [7, 11) is 1.45. The molecule has 25 heavy (non-hydrogen) atoms. The molecule has 1 aromatic heterocycles. The van der Waals surface area contributed by atoms with Gasteiger partial charge in [0.25, 0.3) is 11.5 Å². The van der Waals surface area contributed by atoms with Crippen LogP contribution in [0.5, 0.6) is 5.75 Å². The van der Waals surface area contributed by atoms with Crippen LogP contribution in [0.25, 0.3) is 5.69 Å². The van der Waals surface area contributed by atoms with E-state index in [2.05, 4.69) is 12.0 Å². The van der Waals surface area contributed by atoms with Gasteiger partial charge in [0.2, 0.25) is 0 Å². The van der Waals surface area contributed by atoms with Crippen LogP contribution in [0.3, 0.4) is 0 Å². The van der Waals surface area contributed by atoms with Gasteiger partial charge in [0, 0.05) is 13.1 Å². The SMILES string of the molecule is COc1cc(=O)n(-c2ccccc2C)nc1C(=O)N1CCC[C@H](C)C1. The molecule has 1 saturated heterocycles. The minimum Gasteiger partial charge on any atom is -0.494 e. The number of aromatic nitrogens is 2. The van der Waals surface area contributed by atoms with Gasteiger partial charge in [0.05, 0.1) is 18.9 Å². The predicted octanol–water partition coefficient (Wildman–Crippen LogP) is 2.42. The Balaban J connectivity index is 2.07. The van der Waals surface area contributed by atoms with E-state index in [0.29, 0.717) is 24.7 Å². The Labute approximate surface area is 147 Å². The fourth-order valence-corrected chi connectivity index (χ4v) is 3.24. The lowest BCUT2D eigenvalue weighted by Gasteiger charge is -2.31. The number of hydrogen-bond acceptors (Lipinski definition) is 4. The van der Waals surface area contributed by atoms with E-state index in [9.17, 15) is 9.59 Å². The van der Waals surface area contributed by atoms with Crippen LogP contribution in [0.1, 0.15) is 35.8 Å². The summed E-state index contributed by atoms with van der Waals surface area (Å²) in [6, 6.07) is 8.79. The molecule has 0 N–H and O–H groups in total. The van der Waals surface area contributed by atoms with Crippen molar-refractivity contribution in [3.8, 4) is 11.4 Å². The van der Waals surface area contributed by atoms with Crippen molar-refractivity contribution in [3.05, 3.63) is 51.9 Å². The zero-order valence-electron chi connectivity index (χ0n) is 14.9. The molecular formula is C19H23N3O3. The molecule has 1 aromatic carbocycles. The molecule has 0 bridgehead atoms. The van der Waals surface area contributed by atoms with Gasteiger partial charge in [0.15, 0.2) is 11.4 Å². The van der Waals surface area contributed by atoms with Gasteiger partial charge in [-0.15, -0.1) is 0 Å². The maximum atomic E-state index is 13.0. The highest BCUT2D eigenvalue weighted by Crippen LogP contribution is 2.22. The van der Waals surface area contributed by atoms with E-state index in [-0.39, 0.29) is 22.9 Å². The first kappa shape index (κ1) is 17.2. The minimum atomic E-state index is -0.324. The number of rotatable bonds is 3. The van der Waals surface area contributed by atoms with Gasteiger partial charge < -0.3 is 9.64 Å². The highest BCUT2D eigenvalue weighted by atomic mass is 16.5. The summed E-state index contributed by atoms with van der Waals surface area (Å²) in [4.78, 5) is 27.2. The number of amides is 1. The molecule has 1 amide bonds. The van der Waals surface area contributed by atoms with Gasteiger partial charge >= 0.3 is 0 Å². The molecule has 1 aliphatic rings. The van der Waals surface area contributed by atoms with Crippen LogP contribution in [0, 0.1) is 12.8 Å². The number of carbonyl (C=O) groups is 1. The number of ether oxygens (including phenoxy) is 1. The fourth-order valence-electron chi connectivity index (χ4n) is 3.24. The molecule has 0 spiro atoms. The van der Waals surface area contributed by atoms with Crippen LogP contribution in [0.4, 0.5) is 0 Å².